The van der Waals surface area contributed by atoms with E-state index in [1.165, 1.54) is 11.1 Å². The summed E-state index contributed by atoms with van der Waals surface area (Å²) in [5, 5.41) is 0.949. The molecule has 0 heterocycles. The van der Waals surface area contributed by atoms with Crippen LogP contribution < -0.4 is 0 Å². The maximum absolute atomic E-state index is 12.5. The number of benzene rings is 1. The van der Waals surface area contributed by atoms with Crippen LogP contribution >= 0.6 is 15.9 Å². The van der Waals surface area contributed by atoms with Gasteiger partial charge in [-0.15, -0.1) is 0 Å². The zero-order valence-corrected chi connectivity index (χ0v) is 12.6. The first-order valence-corrected chi connectivity index (χ1v) is 7.71. The molecular weight excluding hydrogens is 290 g/mol. The number of hydrogen-bond donors (Lipinski definition) is 0. The molecule has 1 aromatic rings. The van der Waals surface area contributed by atoms with Crippen LogP contribution in [0.3, 0.4) is 0 Å². The molecule has 2 nitrogen and oxygen atoms in total. The molecule has 1 aliphatic rings. The minimum absolute atomic E-state index is 0.0962. The summed E-state index contributed by atoms with van der Waals surface area (Å²) < 4.78 is 0. The van der Waals surface area contributed by atoms with Gasteiger partial charge in [0.15, 0.2) is 0 Å². The highest BCUT2D eigenvalue weighted by atomic mass is 79.9. The van der Waals surface area contributed by atoms with Crippen LogP contribution in [0.5, 0.6) is 0 Å². The van der Waals surface area contributed by atoms with Gasteiger partial charge in [0, 0.05) is 17.9 Å². The van der Waals surface area contributed by atoms with Crippen LogP contribution in [0.2, 0.25) is 0 Å². The number of nitrogens with zero attached hydrogens (tertiary/aromatic N) is 1. The number of carbonyl (C=O) groups excluding carboxylic acids is 1. The molecule has 0 aromatic heterocycles. The third-order valence-corrected chi connectivity index (χ3v) is 4.15. The summed E-state index contributed by atoms with van der Waals surface area (Å²) in [4.78, 5) is 14.6. The highest BCUT2D eigenvalue weighted by Gasteiger charge is 2.35. The van der Waals surface area contributed by atoms with E-state index in [2.05, 4.69) is 41.9 Å². The van der Waals surface area contributed by atoms with Gasteiger partial charge in [0.2, 0.25) is 5.91 Å². The summed E-state index contributed by atoms with van der Waals surface area (Å²) >= 11 is 3.43. The molecule has 3 heteroatoms. The summed E-state index contributed by atoms with van der Waals surface area (Å²) in [6.45, 7) is 5.04. The third-order valence-electron chi connectivity index (χ3n) is 3.59. The fourth-order valence-electron chi connectivity index (χ4n) is 2.53. The first kappa shape index (κ1) is 13.6. The van der Waals surface area contributed by atoms with Crippen LogP contribution in [0.15, 0.2) is 24.3 Å². The SMILES string of the molecule is CC(C)N(CCCBr)C(=O)C1Cc2ccccc21. The Balaban J connectivity index is 2.07. The van der Waals surface area contributed by atoms with E-state index in [1.807, 2.05) is 17.0 Å². The lowest BCUT2D eigenvalue weighted by molar-refractivity contribution is -0.135. The quantitative estimate of drug-likeness (QED) is 0.764. The number of halogens is 1. The molecule has 0 fully saturated rings. The van der Waals surface area contributed by atoms with Crippen molar-refractivity contribution in [2.75, 3.05) is 11.9 Å². The van der Waals surface area contributed by atoms with Gasteiger partial charge in [0.1, 0.15) is 0 Å². The van der Waals surface area contributed by atoms with E-state index in [0.29, 0.717) is 5.91 Å². The van der Waals surface area contributed by atoms with Gasteiger partial charge in [-0.1, -0.05) is 40.2 Å². The van der Waals surface area contributed by atoms with E-state index in [9.17, 15) is 4.79 Å². The predicted octanol–water partition coefficient (Wildman–Crippen LogP) is 3.35. The summed E-state index contributed by atoms with van der Waals surface area (Å²) in [5.74, 6) is 0.392. The molecule has 0 saturated heterocycles. The van der Waals surface area contributed by atoms with Crippen LogP contribution in [-0.2, 0) is 11.2 Å². The Hall–Kier alpha value is -0.830. The second-order valence-electron chi connectivity index (χ2n) is 5.12. The molecule has 2 rings (SSSR count). The maximum Gasteiger partial charge on any atom is 0.230 e. The molecule has 1 aliphatic carbocycles. The number of rotatable bonds is 5. The van der Waals surface area contributed by atoms with Crippen molar-refractivity contribution in [1.82, 2.24) is 4.90 Å². The van der Waals surface area contributed by atoms with Crippen LogP contribution in [0.25, 0.3) is 0 Å². The van der Waals surface area contributed by atoms with Gasteiger partial charge in [0.25, 0.3) is 0 Å². The predicted molar refractivity (Wildman–Crippen MR) is 78.1 cm³/mol. The summed E-state index contributed by atoms with van der Waals surface area (Å²) in [5.41, 5.74) is 2.56. The molecule has 1 aromatic carbocycles. The normalized spacial score (nSPS) is 17.2. The molecule has 0 saturated carbocycles. The number of carbonyl (C=O) groups is 1. The summed E-state index contributed by atoms with van der Waals surface area (Å²) in [6.07, 6.45) is 1.92. The lowest BCUT2D eigenvalue weighted by atomic mass is 9.76. The molecule has 0 bridgehead atoms. The van der Waals surface area contributed by atoms with Gasteiger partial charge < -0.3 is 4.90 Å². The van der Waals surface area contributed by atoms with Crippen molar-refractivity contribution in [1.29, 1.82) is 0 Å². The van der Waals surface area contributed by atoms with E-state index in [4.69, 9.17) is 0 Å². The number of alkyl halides is 1. The van der Waals surface area contributed by atoms with Crippen LogP contribution in [0.1, 0.15) is 37.3 Å². The summed E-state index contributed by atoms with van der Waals surface area (Å²) in [6, 6.07) is 8.56. The standard InChI is InChI=1S/C15H20BrNO/c1-11(2)17(9-5-8-16)15(18)14-10-12-6-3-4-7-13(12)14/h3-4,6-7,11,14H,5,8-10H2,1-2H3. The van der Waals surface area contributed by atoms with Crippen LogP contribution in [-0.4, -0.2) is 28.7 Å². The number of amides is 1. The smallest absolute Gasteiger partial charge is 0.230 e. The highest BCUT2D eigenvalue weighted by Crippen LogP contribution is 2.36. The van der Waals surface area contributed by atoms with E-state index in [-0.39, 0.29) is 12.0 Å². The second-order valence-corrected chi connectivity index (χ2v) is 5.92. The molecule has 1 unspecified atom stereocenters. The highest BCUT2D eigenvalue weighted by molar-refractivity contribution is 9.09. The van der Waals surface area contributed by atoms with Crippen molar-refractivity contribution in [3.05, 3.63) is 35.4 Å². The molecule has 0 aliphatic heterocycles. The number of hydrogen-bond acceptors (Lipinski definition) is 1. The van der Waals surface area contributed by atoms with Crippen molar-refractivity contribution in [3.8, 4) is 0 Å². The van der Waals surface area contributed by atoms with Gasteiger partial charge in [-0.3, -0.25) is 4.79 Å². The Labute approximate surface area is 117 Å². The van der Waals surface area contributed by atoms with E-state index < -0.39 is 0 Å². The minimum atomic E-state index is 0.0962. The zero-order chi connectivity index (χ0) is 13.1. The first-order valence-electron chi connectivity index (χ1n) is 6.59. The van der Waals surface area contributed by atoms with Gasteiger partial charge in [-0.25, -0.2) is 0 Å². The largest absolute Gasteiger partial charge is 0.340 e. The van der Waals surface area contributed by atoms with E-state index >= 15 is 0 Å². The fourth-order valence-corrected chi connectivity index (χ4v) is 2.78. The van der Waals surface area contributed by atoms with Crippen LogP contribution in [0.4, 0.5) is 0 Å². The lowest BCUT2D eigenvalue weighted by Crippen LogP contribution is -2.43. The maximum atomic E-state index is 12.5. The minimum Gasteiger partial charge on any atom is -0.340 e. The topological polar surface area (TPSA) is 20.3 Å². The third kappa shape index (κ3) is 2.61. The van der Waals surface area contributed by atoms with Crippen molar-refractivity contribution in [2.24, 2.45) is 0 Å². The lowest BCUT2D eigenvalue weighted by Gasteiger charge is -2.36. The second kappa shape index (κ2) is 5.87. The Bertz CT molecular complexity index is 430. The molecule has 18 heavy (non-hydrogen) atoms. The van der Waals surface area contributed by atoms with Crippen molar-refractivity contribution >= 4 is 21.8 Å². The van der Waals surface area contributed by atoms with Crippen LogP contribution in [0, 0.1) is 0 Å². The van der Waals surface area contributed by atoms with Crippen molar-refractivity contribution in [2.45, 2.75) is 38.6 Å². The first-order chi connectivity index (χ1) is 8.65. The molecule has 0 radical (unpaired) electrons. The Kier molecular flexibility index (Phi) is 4.44. The molecule has 1 atom stereocenters. The fraction of sp³-hybridized carbons (Fsp3) is 0.533. The average Bonchev–Trinajstić information content (AvgIpc) is 2.31. The Morgan fingerprint density at radius 1 is 1.44 bits per heavy atom. The monoisotopic (exact) mass is 309 g/mol. The zero-order valence-electron chi connectivity index (χ0n) is 11.0. The van der Waals surface area contributed by atoms with Gasteiger partial charge in [-0.2, -0.15) is 0 Å². The molecule has 98 valence electrons. The Morgan fingerprint density at radius 3 is 2.78 bits per heavy atom. The molecule has 0 N–H and O–H groups in total. The van der Waals surface area contributed by atoms with Crippen molar-refractivity contribution < 1.29 is 4.79 Å². The van der Waals surface area contributed by atoms with Gasteiger partial charge in [0.05, 0.1) is 5.92 Å². The number of fused-ring (bicyclic) bond motifs is 1. The van der Waals surface area contributed by atoms with Crippen molar-refractivity contribution in [3.63, 3.8) is 0 Å². The molecule has 0 spiro atoms. The van der Waals surface area contributed by atoms with E-state index in [1.54, 1.807) is 0 Å². The van der Waals surface area contributed by atoms with Gasteiger partial charge >= 0.3 is 0 Å². The van der Waals surface area contributed by atoms with E-state index in [0.717, 1.165) is 24.7 Å². The Morgan fingerprint density at radius 2 is 2.17 bits per heavy atom. The summed E-state index contributed by atoms with van der Waals surface area (Å²) in [7, 11) is 0. The van der Waals surface area contributed by atoms with Gasteiger partial charge in [-0.05, 0) is 37.8 Å². The average molecular weight is 310 g/mol. The molecular formula is C15H20BrNO. The molecule has 1 amide bonds.